The summed E-state index contributed by atoms with van der Waals surface area (Å²) in [5.74, 6) is -2.68. The minimum absolute atomic E-state index is 0.250. The van der Waals surface area contributed by atoms with Crippen molar-refractivity contribution in [3.05, 3.63) is 126 Å². The summed E-state index contributed by atoms with van der Waals surface area (Å²) in [4.78, 5) is 44.0. The molecule has 1 unspecified atom stereocenters. The molecule has 0 saturated carbocycles. The normalized spacial score (nSPS) is 11.6. The van der Waals surface area contributed by atoms with Gasteiger partial charge in [0.25, 0.3) is 5.91 Å². The molecule has 0 saturated heterocycles. The van der Waals surface area contributed by atoms with E-state index in [2.05, 4.69) is 15.6 Å². The SMILES string of the molecule is O=C(O)c1c(Cl)c(Cl)c(Cl)c(Cl)c1C(=O)Nc1cccc(SC(C(=O)Nc2nc(-c3ccc(Cl)cc3)cs2)c2ccccc2)c1. The molecule has 7 nitrogen and oxygen atoms in total. The summed E-state index contributed by atoms with van der Waals surface area (Å²) in [6, 6.07) is 23.1. The van der Waals surface area contributed by atoms with Crippen molar-refractivity contribution in [3.8, 4) is 11.3 Å². The zero-order valence-corrected chi connectivity index (χ0v) is 27.9. The van der Waals surface area contributed by atoms with E-state index in [1.54, 1.807) is 36.4 Å². The molecule has 0 aliphatic rings. The zero-order chi connectivity index (χ0) is 32.2. The number of benzene rings is 4. The number of carboxylic acid groups (broad SMARTS) is 1. The molecule has 0 radical (unpaired) electrons. The number of carbonyl (C=O) groups excluding carboxylic acids is 2. The van der Waals surface area contributed by atoms with Crippen molar-refractivity contribution in [2.45, 2.75) is 10.1 Å². The number of carbonyl (C=O) groups is 3. The highest BCUT2D eigenvalue weighted by Gasteiger charge is 2.29. The largest absolute Gasteiger partial charge is 0.478 e. The number of amides is 2. The van der Waals surface area contributed by atoms with E-state index in [0.29, 0.717) is 26.4 Å². The lowest BCUT2D eigenvalue weighted by Gasteiger charge is -2.17. The lowest BCUT2D eigenvalue weighted by atomic mass is 10.1. The molecule has 0 fully saturated rings. The van der Waals surface area contributed by atoms with Crippen LogP contribution in [0.1, 0.15) is 31.5 Å². The zero-order valence-electron chi connectivity index (χ0n) is 22.5. The first-order valence-corrected chi connectivity index (χ1v) is 16.4. The molecule has 1 atom stereocenters. The molecule has 14 heteroatoms. The van der Waals surface area contributed by atoms with Crippen LogP contribution in [0.15, 0.2) is 89.1 Å². The molecule has 0 aliphatic carbocycles. The number of nitrogens with zero attached hydrogens (tertiary/aromatic N) is 1. The molecule has 45 heavy (non-hydrogen) atoms. The summed E-state index contributed by atoms with van der Waals surface area (Å²) in [6.45, 7) is 0. The van der Waals surface area contributed by atoms with Crippen molar-refractivity contribution in [2.75, 3.05) is 10.6 Å². The quantitative estimate of drug-likeness (QED) is 0.0790. The van der Waals surface area contributed by atoms with Crippen LogP contribution in [0.5, 0.6) is 0 Å². The average Bonchev–Trinajstić information content (AvgIpc) is 3.49. The van der Waals surface area contributed by atoms with Gasteiger partial charge in [-0.25, -0.2) is 9.78 Å². The first-order chi connectivity index (χ1) is 21.5. The Morgan fingerprint density at radius 1 is 0.778 bits per heavy atom. The number of hydrogen-bond donors (Lipinski definition) is 3. The molecule has 228 valence electrons. The van der Waals surface area contributed by atoms with Gasteiger partial charge in [0, 0.05) is 26.5 Å². The number of aromatic carboxylic acids is 1. The summed E-state index contributed by atoms with van der Waals surface area (Å²) in [6.07, 6.45) is 0. The van der Waals surface area contributed by atoms with Crippen molar-refractivity contribution in [2.24, 2.45) is 0 Å². The van der Waals surface area contributed by atoms with Gasteiger partial charge in [0.15, 0.2) is 5.13 Å². The van der Waals surface area contributed by atoms with E-state index in [0.717, 1.165) is 11.1 Å². The van der Waals surface area contributed by atoms with Gasteiger partial charge in [-0.15, -0.1) is 23.1 Å². The number of anilines is 2. The minimum Gasteiger partial charge on any atom is -0.478 e. The van der Waals surface area contributed by atoms with Crippen molar-refractivity contribution in [3.63, 3.8) is 0 Å². The lowest BCUT2D eigenvalue weighted by Crippen LogP contribution is -2.19. The third kappa shape index (κ3) is 7.58. The summed E-state index contributed by atoms with van der Waals surface area (Å²) in [5, 5.41) is 16.2. The van der Waals surface area contributed by atoms with Gasteiger partial charge in [0.2, 0.25) is 5.91 Å². The van der Waals surface area contributed by atoms with Crippen LogP contribution in [-0.2, 0) is 4.79 Å². The third-order valence-electron chi connectivity index (χ3n) is 6.27. The molecule has 0 aliphatic heterocycles. The maximum atomic E-state index is 13.6. The van der Waals surface area contributed by atoms with E-state index in [1.165, 1.54) is 23.1 Å². The van der Waals surface area contributed by atoms with Gasteiger partial charge < -0.3 is 15.7 Å². The van der Waals surface area contributed by atoms with Crippen molar-refractivity contribution in [1.29, 1.82) is 0 Å². The Kier molecular flexibility index (Phi) is 10.6. The number of nitrogens with one attached hydrogen (secondary N) is 2. The highest BCUT2D eigenvalue weighted by atomic mass is 35.5. The summed E-state index contributed by atoms with van der Waals surface area (Å²) >= 11 is 33.0. The predicted octanol–water partition coefficient (Wildman–Crippen LogP) is 10.5. The number of thioether (sulfide) groups is 1. The molecular formula is C31H18Cl5N3O4S2. The van der Waals surface area contributed by atoms with E-state index in [4.69, 9.17) is 58.0 Å². The van der Waals surface area contributed by atoms with Gasteiger partial charge >= 0.3 is 5.97 Å². The predicted molar refractivity (Wildman–Crippen MR) is 184 cm³/mol. The fourth-order valence-electron chi connectivity index (χ4n) is 4.18. The standard InChI is InChI=1S/C31H18Cl5N3O4S2/c32-17-11-9-15(10-12-17)20-14-44-31(38-20)39-29(41)27(16-5-2-1-3-6-16)45-19-8-4-7-18(13-19)37-28(40)21-22(30(42)43)24(34)26(36)25(35)23(21)33/h1-14,27H,(H,37,40)(H,42,43)(H,38,39,41). The van der Waals surface area contributed by atoms with Crippen LogP contribution >= 0.6 is 81.1 Å². The summed E-state index contributed by atoms with van der Waals surface area (Å²) in [5.41, 5.74) is 1.59. The van der Waals surface area contributed by atoms with Crippen LogP contribution < -0.4 is 10.6 Å². The van der Waals surface area contributed by atoms with E-state index in [9.17, 15) is 19.5 Å². The maximum Gasteiger partial charge on any atom is 0.338 e. The Morgan fingerprint density at radius 2 is 1.44 bits per heavy atom. The van der Waals surface area contributed by atoms with Crippen LogP contribution in [0, 0.1) is 0 Å². The van der Waals surface area contributed by atoms with E-state index in [1.807, 2.05) is 47.8 Å². The monoisotopic (exact) mass is 735 g/mol. The Hall–Kier alpha value is -3.28. The number of hydrogen-bond acceptors (Lipinski definition) is 6. The number of thiazole rings is 1. The van der Waals surface area contributed by atoms with Crippen LogP contribution in [0.2, 0.25) is 25.1 Å². The first kappa shape index (κ1) is 33.1. The molecule has 1 heterocycles. The third-order valence-corrected chi connectivity index (χ3v) is 10.3. The van der Waals surface area contributed by atoms with E-state index < -0.39 is 33.3 Å². The summed E-state index contributed by atoms with van der Waals surface area (Å²) < 4.78 is 0. The Morgan fingerprint density at radius 3 is 2.11 bits per heavy atom. The van der Waals surface area contributed by atoms with Gasteiger partial charge in [-0.3, -0.25) is 9.59 Å². The van der Waals surface area contributed by atoms with E-state index >= 15 is 0 Å². The van der Waals surface area contributed by atoms with Crippen molar-refractivity contribution < 1.29 is 19.5 Å². The maximum absolute atomic E-state index is 13.6. The Balaban J connectivity index is 1.38. The highest BCUT2D eigenvalue weighted by Crippen LogP contribution is 2.42. The fourth-order valence-corrected chi connectivity index (χ4v) is 7.13. The number of rotatable bonds is 9. The lowest BCUT2D eigenvalue weighted by molar-refractivity contribution is -0.115. The Bertz CT molecular complexity index is 1920. The first-order valence-electron chi connectivity index (χ1n) is 12.8. The second-order valence-corrected chi connectivity index (χ2v) is 13.2. The van der Waals surface area contributed by atoms with Gasteiger partial charge in [0.05, 0.1) is 36.9 Å². The highest BCUT2D eigenvalue weighted by molar-refractivity contribution is 8.00. The molecular weight excluding hydrogens is 720 g/mol. The van der Waals surface area contributed by atoms with Crippen LogP contribution in [0.4, 0.5) is 10.8 Å². The molecule has 1 aromatic heterocycles. The van der Waals surface area contributed by atoms with Crippen LogP contribution in [-0.4, -0.2) is 27.9 Å². The van der Waals surface area contributed by atoms with Gasteiger partial charge in [0.1, 0.15) is 5.25 Å². The molecule has 4 aromatic carbocycles. The molecule has 0 bridgehead atoms. The molecule has 5 aromatic rings. The minimum atomic E-state index is -1.51. The topological polar surface area (TPSA) is 108 Å². The molecule has 5 rings (SSSR count). The second-order valence-electron chi connectivity index (χ2n) is 9.24. The van der Waals surface area contributed by atoms with Gasteiger partial charge in [-0.1, -0.05) is 107 Å². The van der Waals surface area contributed by atoms with Crippen molar-refractivity contribution >= 4 is 110 Å². The number of carboxylic acids is 1. The van der Waals surface area contributed by atoms with Crippen LogP contribution in [0.3, 0.4) is 0 Å². The fraction of sp³-hybridized carbons (Fsp3) is 0.0323. The number of aromatic nitrogens is 1. The van der Waals surface area contributed by atoms with E-state index in [-0.39, 0.29) is 21.0 Å². The second kappa shape index (κ2) is 14.4. The summed E-state index contributed by atoms with van der Waals surface area (Å²) in [7, 11) is 0. The number of halogens is 5. The molecule has 3 N–H and O–H groups in total. The molecule has 0 spiro atoms. The van der Waals surface area contributed by atoms with Gasteiger partial charge in [-0.05, 0) is 35.9 Å². The van der Waals surface area contributed by atoms with Crippen LogP contribution in [0.25, 0.3) is 11.3 Å². The van der Waals surface area contributed by atoms with Crippen molar-refractivity contribution in [1.82, 2.24) is 4.98 Å². The molecule has 2 amide bonds. The van der Waals surface area contributed by atoms with Gasteiger partial charge in [-0.2, -0.15) is 0 Å². The average molecular weight is 738 g/mol. The Labute approximate surface area is 290 Å². The smallest absolute Gasteiger partial charge is 0.338 e.